The molecule has 1 amide bonds. The van der Waals surface area contributed by atoms with Crippen LogP contribution in [0.2, 0.25) is 0 Å². The van der Waals surface area contributed by atoms with Crippen LogP contribution in [0.1, 0.15) is 29.6 Å². The first kappa shape index (κ1) is 22.5. The molecule has 172 valence electrons. The molecule has 2 aromatic heterocycles. The number of hydrogen-bond donors (Lipinski definition) is 4. The number of primary amides is 1. The molecule has 0 unspecified atom stereocenters. The highest BCUT2D eigenvalue weighted by atomic mass is 19.3. The van der Waals surface area contributed by atoms with Crippen molar-refractivity contribution >= 4 is 23.2 Å². The molecule has 0 aliphatic heterocycles. The Morgan fingerprint density at radius 2 is 1.88 bits per heavy atom. The van der Waals surface area contributed by atoms with E-state index in [1.807, 2.05) is 0 Å². The molecule has 1 aliphatic carbocycles. The van der Waals surface area contributed by atoms with E-state index in [9.17, 15) is 18.0 Å². The predicted octanol–water partition coefficient (Wildman–Crippen LogP) is 3.45. The zero-order chi connectivity index (χ0) is 23.6. The van der Waals surface area contributed by atoms with Gasteiger partial charge in [-0.1, -0.05) is 12.1 Å². The van der Waals surface area contributed by atoms with Gasteiger partial charge < -0.3 is 22.1 Å². The normalized spacial score (nSPS) is 19.6. The molecule has 0 radical (unpaired) electrons. The van der Waals surface area contributed by atoms with E-state index in [1.54, 1.807) is 42.7 Å². The number of benzene rings is 1. The van der Waals surface area contributed by atoms with Crippen LogP contribution in [0.3, 0.4) is 0 Å². The molecule has 2 heterocycles. The Morgan fingerprint density at radius 1 is 1.12 bits per heavy atom. The van der Waals surface area contributed by atoms with Crippen LogP contribution in [-0.4, -0.2) is 38.9 Å². The molecule has 3 aromatic rings. The quantitative estimate of drug-likeness (QED) is 0.446. The van der Waals surface area contributed by atoms with Crippen LogP contribution in [0.4, 0.5) is 30.5 Å². The summed E-state index contributed by atoms with van der Waals surface area (Å²) < 4.78 is 42.7. The molecule has 2 atom stereocenters. The summed E-state index contributed by atoms with van der Waals surface area (Å²) in [5, 5.41) is 5.62. The number of nitrogens with zero attached hydrogens (tertiary/aromatic N) is 3. The summed E-state index contributed by atoms with van der Waals surface area (Å²) in [5.74, 6) is -4.73. The zero-order valence-electron chi connectivity index (χ0n) is 17.4. The van der Waals surface area contributed by atoms with E-state index < -0.39 is 29.7 Å². The van der Waals surface area contributed by atoms with Gasteiger partial charge in [-0.15, -0.1) is 0 Å². The van der Waals surface area contributed by atoms with Gasteiger partial charge in [0.25, 0.3) is 11.8 Å². The average molecular weight is 457 g/mol. The van der Waals surface area contributed by atoms with Gasteiger partial charge in [0.15, 0.2) is 17.5 Å². The second kappa shape index (κ2) is 9.02. The summed E-state index contributed by atoms with van der Waals surface area (Å²) in [6.45, 7) is 0. The van der Waals surface area contributed by atoms with Crippen molar-refractivity contribution in [1.82, 2.24) is 15.0 Å². The molecule has 33 heavy (non-hydrogen) atoms. The molecule has 1 aromatic carbocycles. The third-order valence-corrected chi connectivity index (χ3v) is 5.46. The Balaban J connectivity index is 1.65. The highest BCUT2D eigenvalue weighted by molar-refractivity contribution is 5.98. The summed E-state index contributed by atoms with van der Waals surface area (Å²) in [6.07, 6.45) is 3.45. The Bertz CT molecular complexity index is 1160. The third kappa shape index (κ3) is 4.87. The monoisotopic (exact) mass is 457 g/mol. The summed E-state index contributed by atoms with van der Waals surface area (Å²) >= 11 is 0. The van der Waals surface area contributed by atoms with Crippen LogP contribution in [-0.2, 0) is 0 Å². The minimum atomic E-state index is -3.07. The lowest BCUT2D eigenvalue weighted by molar-refractivity contribution is -0.0555. The van der Waals surface area contributed by atoms with Crippen LogP contribution in [0, 0.1) is 5.82 Å². The Kier molecular flexibility index (Phi) is 6.14. The first-order chi connectivity index (χ1) is 15.7. The SMILES string of the molecule is NC(=O)c1cc(F)c(N[C@@H]2CCCC(F)(F)[C@@H]2N)nc1Nc1cccc(-c2ncccn2)c1. The smallest absolute Gasteiger partial charge is 0.264 e. The number of hydrogen-bond acceptors (Lipinski definition) is 7. The molecule has 6 N–H and O–H groups in total. The van der Waals surface area contributed by atoms with Crippen LogP contribution in [0.5, 0.6) is 0 Å². The first-order valence-corrected chi connectivity index (χ1v) is 10.3. The van der Waals surface area contributed by atoms with E-state index in [-0.39, 0.29) is 30.0 Å². The lowest BCUT2D eigenvalue weighted by Crippen LogP contribution is -2.55. The Morgan fingerprint density at radius 3 is 2.61 bits per heavy atom. The van der Waals surface area contributed by atoms with Crippen molar-refractivity contribution in [3.8, 4) is 11.4 Å². The fourth-order valence-electron chi connectivity index (χ4n) is 3.73. The van der Waals surface area contributed by atoms with Crippen molar-refractivity contribution in [1.29, 1.82) is 0 Å². The second-order valence-corrected chi connectivity index (χ2v) is 7.79. The van der Waals surface area contributed by atoms with E-state index >= 15 is 0 Å². The summed E-state index contributed by atoms with van der Waals surface area (Å²) in [4.78, 5) is 24.4. The molecular weight excluding hydrogens is 435 g/mol. The fourth-order valence-corrected chi connectivity index (χ4v) is 3.73. The van der Waals surface area contributed by atoms with Gasteiger partial charge in [0.1, 0.15) is 5.82 Å². The van der Waals surface area contributed by atoms with Crippen LogP contribution in [0.15, 0.2) is 48.8 Å². The summed E-state index contributed by atoms with van der Waals surface area (Å²) in [6, 6.07) is 7.17. The fraction of sp³-hybridized carbons (Fsp3) is 0.273. The number of rotatable bonds is 6. The molecule has 8 nitrogen and oxygen atoms in total. The van der Waals surface area contributed by atoms with E-state index in [0.29, 0.717) is 23.5 Å². The first-order valence-electron chi connectivity index (χ1n) is 10.3. The molecular formula is C22H22F3N7O. The highest BCUT2D eigenvalue weighted by Gasteiger charge is 2.45. The maximum atomic E-state index is 14.7. The standard InChI is InChI=1S/C22H22F3N7O/c23-15-11-14(18(27)33)20(32-21(15)31-16-6-2-7-22(24,25)17(16)26)30-13-5-1-4-12(10-13)19-28-8-3-9-29-19/h1,3-5,8-11,16-17H,2,6-7,26H2,(H2,27,33)(H2,30,31,32)/t16-,17-/m1/s1. The third-order valence-electron chi connectivity index (χ3n) is 5.46. The lowest BCUT2D eigenvalue weighted by atomic mass is 9.87. The number of halogens is 3. The minimum absolute atomic E-state index is 0.0336. The highest BCUT2D eigenvalue weighted by Crippen LogP contribution is 2.34. The lowest BCUT2D eigenvalue weighted by Gasteiger charge is -2.36. The van der Waals surface area contributed by atoms with E-state index in [2.05, 4.69) is 25.6 Å². The van der Waals surface area contributed by atoms with Gasteiger partial charge in [0.2, 0.25) is 0 Å². The summed E-state index contributed by atoms with van der Waals surface area (Å²) in [7, 11) is 0. The topological polar surface area (TPSA) is 132 Å². The van der Waals surface area contributed by atoms with Crippen LogP contribution < -0.4 is 22.1 Å². The minimum Gasteiger partial charge on any atom is -0.365 e. The molecule has 0 spiro atoms. The maximum Gasteiger partial charge on any atom is 0.264 e. The van der Waals surface area contributed by atoms with E-state index in [1.165, 1.54) is 0 Å². The molecule has 11 heteroatoms. The molecule has 1 saturated carbocycles. The Labute approximate surface area is 187 Å². The van der Waals surface area contributed by atoms with Crippen molar-refractivity contribution in [3.05, 3.63) is 60.2 Å². The van der Waals surface area contributed by atoms with Crippen molar-refractivity contribution in [2.45, 2.75) is 37.3 Å². The molecule has 0 saturated heterocycles. The van der Waals surface area contributed by atoms with Gasteiger partial charge >= 0.3 is 0 Å². The van der Waals surface area contributed by atoms with Gasteiger partial charge in [0.05, 0.1) is 11.6 Å². The number of nitrogens with two attached hydrogens (primary N) is 2. The van der Waals surface area contributed by atoms with Crippen LogP contribution >= 0.6 is 0 Å². The van der Waals surface area contributed by atoms with Crippen molar-refractivity contribution in [2.24, 2.45) is 11.5 Å². The molecule has 1 fully saturated rings. The number of aromatic nitrogens is 3. The van der Waals surface area contributed by atoms with Crippen LogP contribution in [0.25, 0.3) is 11.4 Å². The van der Waals surface area contributed by atoms with Gasteiger partial charge in [-0.2, -0.15) is 0 Å². The van der Waals surface area contributed by atoms with Gasteiger partial charge in [-0.25, -0.2) is 28.1 Å². The van der Waals surface area contributed by atoms with Crippen molar-refractivity contribution in [2.75, 3.05) is 10.6 Å². The van der Waals surface area contributed by atoms with Gasteiger partial charge in [-0.3, -0.25) is 4.79 Å². The predicted molar refractivity (Wildman–Crippen MR) is 118 cm³/mol. The molecule has 4 rings (SSSR count). The number of anilines is 3. The van der Waals surface area contributed by atoms with E-state index in [0.717, 1.165) is 6.07 Å². The number of carbonyl (C=O) groups is 1. The van der Waals surface area contributed by atoms with Gasteiger partial charge in [-0.05, 0) is 37.1 Å². The number of amides is 1. The van der Waals surface area contributed by atoms with Gasteiger partial charge in [0, 0.05) is 36.1 Å². The number of alkyl halides is 2. The van der Waals surface area contributed by atoms with E-state index in [4.69, 9.17) is 11.5 Å². The number of carbonyl (C=O) groups excluding carboxylic acids is 1. The van der Waals surface area contributed by atoms with Crippen molar-refractivity contribution < 1.29 is 18.0 Å². The summed E-state index contributed by atoms with van der Waals surface area (Å²) in [5.41, 5.74) is 12.1. The second-order valence-electron chi connectivity index (χ2n) is 7.79. The number of pyridine rings is 1. The van der Waals surface area contributed by atoms with Crippen molar-refractivity contribution in [3.63, 3.8) is 0 Å². The zero-order valence-corrected chi connectivity index (χ0v) is 17.4. The molecule has 1 aliphatic rings. The maximum absolute atomic E-state index is 14.7. The Hall–Kier alpha value is -3.73. The average Bonchev–Trinajstić information content (AvgIpc) is 2.79. The number of nitrogens with one attached hydrogen (secondary N) is 2. The molecule has 0 bridgehead atoms. The largest absolute Gasteiger partial charge is 0.365 e.